The molecule has 1 aromatic rings. The predicted octanol–water partition coefficient (Wildman–Crippen LogP) is 0.982. The molecule has 6 heteroatoms. The SMILES string of the molecule is NC(Cc1cccc(O)c1)(C(=O)O)C(F)F. The minimum Gasteiger partial charge on any atom is -0.508 e. The molecule has 0 aromatic heterocycles. The van der Waals surface area contributed by atoms with Gasteiger partial charge in [0, 0.05) is 6.42 Å². The fourth-order valence-corrected chi connectivity index (χ4v) is 1.25. The number of alkyl halides is 2. The largest absolute Gasteiger partial charge is 0.508 e. The number of rotatable bonds is 4. The number of phenols is 1. The van der Waals surface area contributed by atoms with Crippen LogP contribution in [0.25, 0.3) is 0 Å². The Bertz CT molecular complexity index is 397. The Kier molecular flexibility index (Phi) is 3.44. The molecule has 0 saturated heterocycles. The number of hydrogen-bond donors (Lipinski definition) is 3. The van der Waals surface area contributed by atoms with E-state index >= 15 is 0 Å². The third kappa shape index (κ3) is 2.46. The molecular weight excluding hydrogens is 220 g/mol. The Morgan fingerprint density at radius 3 is 2.56 bits per heavy atom. The maximum atomic E-state index is 12.6. The first-order chi connectivity index (χ1) is 7.36. The van der Waals surface area contributed by atoms with Gasteiger partial charge in [-0.05, 0) is 17.7 Å². The molecule has 0 fully saturated rings. The Balaban J connectivity index is 2.97. The van der Waals surface area contributed by atoms with Crippen LogP contribution in [-0.4, -0.2) is 28.1 Å². The van der Waals surface area contributed by atoms with Crippen molar-refractivity contribution < 1.29 is 23.8 Å². The zero-order valence-electron chi connectivity index (χ0n) is 8.23. The smallest absolute Gasteiger partial charge is 0.330 e. The van der Waals surface area contributed by atoms with Gasteiger partial charge in [0.2, 0.25) is 0 Å². The van der Waals surface area contributed by atoms with Crippen molar-refractivity contribution in [3.8, 4) is 5.75 Å². The summed E-state index contributed by atoms with van der Waals surface area (Å²) in [6.07, 6.45) is -3.73. The number of phenolic OH excluding ortho intramolecular Hbond substituents is 1. The predicted molar refractivity (Wildman–Crippen MR) is 52.4 cm³/mol. The summed E-state index contributed by atoms with van der Waals surface area (Å²) in [5.41, 5.74) is 2.74. The molecule has 0 spiro atoms. The molecule has 0 aliphatic rings. The lowest BCUT2D eigenvalue weighted by Gasteiger charge is -2.23. The van der Waals surface area contributed by atoms with Gasteiger partial charge in [-0.25, -0.2) is 13.6 Å². The first-order valence-corrected chi connectivity index (χ1v) is 4.44. The number of aliphatic carboxylic acids is 1. The van der Waals surface area contributed by atoms with Crippen molar-refractivity contribution >= 4 is 5.97 Å². The van der Waals surface area contributed by atoms with Gasteiger partial charge in [-0.15, -0.1) is 0 Å². The molecule has 1 aromatic carbocycles. The highest BCUT2D eigenvalue weighted by molar-refractivity contribution is 5.79. The molecule has 0 bridgehead atoms. The van der Waals surface area contributed by atoms with E-state index in [2.05, 4.69) is 0 Å². The Hall–Kier alpha value is -1.69. The molecule has 16 heavy (non-hydrogen) atoms. The van der Waals surface area contributed by atoms with E-state index < -0.39 is 24.4 Å². The minimum absolute atomic E-state index is 0.125. The summed E-state index contributed by atoms with van der Waals surface area (Å²) in [5.74, 6) is -1.90. The van der Waals surface area contributed by atoms with Gasteiger partial charge >= 0.3 is 5.97 Å². The summed E-state index contributed by atoms with van der Waals surface area (Å²) in [5, 5.41) is 17.8. The van der Waals surface area contributed by atoms with Crippen LogP contribution >= 0.6 is 0 Å². The second-order valence-electron chi connectivity index (χ2n) is 3.49. The third-order valence-electron chi connectivity index (χ3n) is 2.19. The molecule has 4 N–H and O–H groups in total. The fraction of sp³-hybridized carbons (Fsp3) is 0.300. The molecule has 0 amide bonds. The van der Waals surface area contributed by atoms with E-state index in [0.717, 1.165) is 0 Å². The average Bonchev–Trinajstić information content (AvgIpc) is 2.16. The van der Waals surface area contributed by atoms with Gasteiger partial charge in [0.15, 0.2) is 5.54 Å². The number of hydrogen-bond acceptors (Lipinski definition) is 3. The van der Waals surface area contributed by atoms with Crippen molar-refractivity contribution in [1.29, 1.82) is 0 Å². The Morgan fingerprint density at radius 1 is 1.50 bits per heavy atom. The van der Waals surface area contributed by atoms with Gasteiger partial charge < -0.3 is 15.9 Å². The number of carbonyl (C=O) groups is 1. The molecule has 1 unspecified atom stereocenters. The summed E-state index contributed by atoms with van der Waals surface area (Å²) in [4.78, 5) is 10.7. The molecular formula is C10H11F2NO3. The monoisotopic (exact) mass is 231 g/mol. The van der Waals surface area contributed by atoms with Crippen LogP contribution in [0.4, 0.5) is 8.78 Å². The van der Waals surface area contributed by atoms with E-state index in [9.17, 15) is 13.6 Å². The minimum atomic E-state index is -3.19. The van der Waals surface area contributed by atoms with Gasteiger partial charge in [0.25, 0.3) is 6.43 Å². The second-order valence-corrected chi connectivity index (χ2v) is 3.49. The van der Waals surface area contributed by atoms with Gasteiger partial charge in [0.1, 0.15) is 5.75 Å². The van der Waals surface area contributed by atoms with Crippen molar-refractivity contribution in [2.45, 2.75) is 18.4 Å². The van der Waals surface area contributed by atoms with Crippen LogP contribution in [0.3, 0.4) is 0 Å². The van der Waals surface area contributed by atoms with Crippen LogP contribution in [0.2, 0.25) is 0 Å². The van der Waals surface area contributed by atoms with Crippen LogP contribution in [0.5, 0.6) is 5.75 Å². The van der Waals surface area contributed by atoms with Gasteiger partial charge in [-0.3, -0.25) is 0 Å². The Labute approximate surface area is 90.3 Å². The number of carboxylic acids is 1. The molecule has 88 valence electrons. The van der Waals surface area contributed by atoms with Crippen molar-refractivity contribution in [2.24, 2.45) is 5.73 Å². The van der Waals surface area contributed by atoms with Crippen LogP contribution in [0.1, 0.15) is 5.56 Å². The Morgan fingerprint density at radius 2 is 2.12 bits per heavy atom. The molecule has 0 saturated carbocycles. The summed E-state index contributed by atoms with van der Waals surface area (Å²) >= 11 is 0. The second kappa shape index (κ2) is 4.44. The highest BCUT2D eigenvalue weighted by Crippen LogP contribution is 2.21. The van der Waals surface area contributed by atoms with Gasteiger partial charge in [0.05, 0.1) is 0 Å². The maximum absolute atomic E-state index is 12.6. The normalized spacial score (nSPS) is 14.8. The third-order valence-corrected chi connectivity index (χ3v) is 2.19. The molecule has 1 atom stereocenters. The van der Waals surface area contributed by atoms with E-state index in [0.29, 0.717) is 0 Å². The summed E-state index contributed by atoms with van der Waals surface area (Å²) in [7, 11) is 0. The first kappa shape index (κ1) is 12.4. The first-order valence-electron chi connectivity index (χ1n) is 4.44. The molecule has 1 rings (SSSR count). The maximum Gasteiger partial charge on any atom is 0.330 e. The number of benzene rings is 1. The summed E-state index contributed by atoms with van der Waals surface area (Å²) < 4.78 is 25.1. The van der Waals surface area contributed by atoms with Crippen LogP contribution in [-0.2, 0) is 11.2 Å². The molecule has 0 heterocycles. The lowest BCUT2D eigenvalue weighted by molar-refractivity contribution is -0.149. The van der Waals surface area contributed by atoms with Crippen LogP contribution in [0, 0.1) is 0 Å². The highest BCUT2D eigenvalue weighted by atomic mass is 19.3. The number of aromatic hydroxyl groups is 1. The van der Waals surface area contributed by atoms with E-state index in [1.807, 2.05) is 0 Å². The van der Waals surface area contributed by atoms with Crippen molar-refractivity contribution in [1.82, 2.24) is 0 Å². The van der Waals surface area contributed by atoms with Crippen molar-refractivity contribution in [3.63, 3.8) is 0 Å². The number of nitrogens with two attached hydrogens (primary N) is 1. The van der Waals surface area contributed by atoms with Crippen molar-refractivity contribution in [3.05, 3.63) is 29.8 Å². The molecule has 0 aliphatic heterocycles. The van der Waals surface area contributed by atoms with Crippen molar-refractivity contribution in [2.75, 3.05) is 0 Å². The van der Waals surface area contributed by atoms with Gasteiger partial charge in [-0.2, -0.15) is 0 Å². The quantitative estimate of drug-likeness (QED) is 0.721. The molecule has 4 nitrogen and oxygen atoms in total. The zero-order chi connectivity index (χ0) is 12.3. The van der Waals surface area contributed by atoms with E-state index in [4.69, 9.17) is 15.9 Å². The fourth-order valence-electron chi connectivity index (χ4n) is 1.25. The van der Waals surface area contributed by atoms with E-state index in [1.165, 1.54) is 24.3 Å². The van der Waals surface area contributed by atoms with Crippen LogP contribution < -0.4 is 5.73 Å². The number of halogens is 2. The lowest BCUT2D eigenvalue weighted by atomic mass is 9.92. The summed E-state index contributed by atoms with van der Waals surface area (Å²) in [6, 6.07) is 5.41. The van der Waals surface area contributed by atoms with E-state index in [1.54, 1.807) is 0 Å². The highest BCUT2D eigenvalue weighted by Gasteiger charge is 2.43. The summed E-state index contributed by atoms with van der Waals surface area (Å²) in [6.45, 7) is 0. The zero-order valence-corrected chi connectivity index (χ0v) is 8.23. The van der Waals surface area contributed by atoms with Gasteiger partial charge in [-0.1, -0.05) is 12.1 Å². The standard InChI is InChI=1S/C10H11F2NO3/c11-8(12)10(13,9(15)16)5-6-2-1-3-7(14)4-6/h1-4,8,14H,5,13H2,(H,15,16). The number of carboxylic acid groups (broad SMARTS) is 1. The topological polar surface area (TPSA) is 83.5 Å². The molecule has 0 aliphatic carbocycles. The molecule has 0 radical (unpaired) electrons. The van der Waals surface area contributed by atoms with E-state index in [-0.39, 0.29) is 11.3 Å². The van der Waals surface area contributed by atoms with Crippen LogP contribution in [0.15, 0.2) is 24.3 Å². The average molecular weight is 231 g/mol. The lowest BCUT2D eigenvalue weighted by Crippen LogP contribution is -2.55.